The van der Waals surface area contributed by atoms with Crippen molar-refractivity contribution in [2.75, 3.05) is 0 Å². The number of terminal acetylenes is 1. The Morgan fingerprint density at radius 3 is 1.81 bits per heavy atom. The number of Topliss-reactive ketones (excluding diaryl/α,β-unsaturated/α-hetero) is 2. The highest BCUT2D eigenvalue weighted by molar-refractivity contribution is 6.49. The van der Waals surface area contributed by atoms with E-state index in [0.717, 1.165) is 22.3 Å². The fourth-order valence-corrected chi connectivity index (χ4v) is 3.30. The zero-order valence-electron chi connectivity index (χ0n) is 17.2. The molecule has 0 radical (unpaired) electrons. The molecule has 2 heteroatoms. The first kappa shape index (κ1) is 20.6. The van der Waals surface area contributed by atoms with Gasteiger partial charge in [-0.05, 0) is 59.7 Å². The number of ketones is 2. The lowest BCUT2D eigenvalue weighted by Gasteiger charge is -2.07. The SMILES string of the molecule is C#Cc1cc(-c2ccccc2)ccc1C(=O)C(=O)c1ccc(C#Cc2ccccc2)cc1. The number of carbonyl (C=O) groups is 2. The summed E-state index contributed by atoms with van der Waals surface area (Å²) in [7, 11) is 0. The molecular formula is C30H18O2. The molecule has 0 heterocycles. The summed E-state index contributed by atoms with van der Waals surface area (Å²) in [4.78, 5) is 25.7. The van der Waals surface area contributed by atoms with Gasteiger partial charge in [-0.1, -0.05) is 72.4 Å². The summed E-state index contributed by atoms with van der Waals surface area (Å²) < 4.78 is 0. The summed E-state index contributed by atoms with van der Waals surface area (Å²) in [5.41, 5.74) is 4.47. The zero-order chi connectivity index (χ0) is 22.3. The average Bonchev–Trinajstić information content (AvgIpc) is 2.87. The summed E-state index contributed by atoms with van der Waals surface area (Å²) in [6.45, 7) is 0. The van der Waals surface area contributed by atoms with Crippen molar-refractivity contribution < 1.29 is 9.59 Å². The van der Waals surface area contributed by atoms with Crippen LogP contribution in [0.1, 0.15) is 37.4 Å². The number of carbonyl (C=O) groups excluding carboxylic acids is 2. The molecule has 4 aromatic carbocycles. The minimum absolute atomic E-state index is 0.227. The Hall–Kier alpha value is -4.66. The van der Waals surface area contributed by atoms with E-state index >= 15 is 0 Å². The van der Waals surface area contributed by atoms with E-state index in [4.69, 9.17) is 6.42 Å². The van der Waals surface area contributed by atoms with Crippen LogP contribution in [0.25, 0.3) is 11.1 Å². The highest BCUT2D eigenvalue weighted by Gasteiger charge is 2.21. The second-order valence-corrected chi connectivity index (χ2v) is 7.12. The number of hydrogen-bond donors (Lipinski definition) is 0. The maximum Gasteiger partial charge on any atom is 0.234 e. The Bertz CT molecular complexity index is 1380. The van der Waals surface area contributed by atoms with Crippen LogP contribution in [0, 0.1) is 24.2 Å². The van der Waals surface area contributed by atoms with E-state index in [1.165, 1.54) is 0 Å². The van der Waals surface area contributed by atoms with Gasteiger partial charge in [0.25, 0.3) is 0 Å². The van der Waals surface area contributed by atoms with Crippen LogP contribution in [-0.2, 0) is 0 Å². The Labute approximate surface area is 187 Å². The van der Waals surface area contributed by atoms with Gasteiger partial charge >= 0.3 is 0 Å². The smallest absolute Gasteiger partial charge is 0.234 e. The quantitative estimate of drug-likeness (QED) is 0.242. The predicted molar refractivity (Wildman–Crippen MR) is 127 cm³/mol. The molecule has 150 valence electrons. The molecule has 0 unspecified atom stereocenters. The first-order valence-electron chi connectivity index (χ1n) is 10.1. The van der Waals surface area contributed by atoms with E-state index in [2.05, 4.69) is 17.8 Å². The lowest BCUT2D eigenvalue weighted by atomic mass is 9.94. The molecule has 0 atom stereocenters. The summed E-state index contributed by atoms with van der Waals surface area (Å²) in [6.07, 6.45) is 5.65. The molecule has 4 rings (SSSR count). The topological polar surface area (TPSA) is 34.1 Å². The number of rotatable bonds is 4. The van der Waals surface area contributed by atoms with Gasteiger partial charge in [0.1, 0.15) is 0 Å². The van der Waals surface area contributed by atoms with Crippen molar-refractivity contribution in [3.05, 3.63) is 131 Å². The van der Waals surface area contributed by atoms with E-state index in [1.807, 2.05) is 60.7 Å². The van der Waals surface area contributed by atoms with Gasteiger partial charge in [0, 0.05) is 27.8 Å². The fourth-order valence-electron chi connectivity index (χ4n) is 3.30. The first-order valence-corrected chi connectivity index (χ1v) is 10.1. The highest BCUT2D eigenvalue weighted by Crippen LogP contribution is 2.23. The molecule has 0 saturated carbocycles. The second-order valence-electron chi connectivity index (χ2n) is 7.12. The standard InChI is InChI=1S/C30H18O2/c1-2-24-21-27(25-11-7-4-8-12-25)19-20-28(24)30(32)29(31)26-17-15-23(16-18-26)14-13-22-9-5-3-6-10-22/h1,3-12,15-21H. The van der Waals surface area contributed by atoms with E-state index in [9.17, 15) is 9.59 Å². The summed E-state index contributed by atoms with van der Waals surface area (Å²) in [5.74, 6) is 7.44. The molecule has 0 bridgehead atoms. The summed E-state index contributed by atoms with van der Waals surface area (Å²) >= 11 is 0. The fraction of sp³-hybridized carbons (Fsp3) is 0. The van der Waals surface area contributed by atoms with Crippen molar-refractivity contribution in [1.82, 2.24) is 0 Å². The first-order chi connectivity index (χ1) is 15.7. The predicted octanol–water partition coefficient (Wildman–Crippen LogP) is 5.80. The van der Waals surface area contributed by atoms with Crippen LogP contribution in [0.5, 0.6) is 0 Å². The monoisotopic (exact) mass is 410 g/mol. The minimum Gasteiger partial charge on any atom is -0.285 e. The highest BCUT2D eigenvalue weighted by atomic mass is 16.2. The largest absolute Gasteiger partial charge is 0.285 e. The molecule has 4 aromatic rings. The lowest BCUT2D eigenvalue weighted by Crippen LogP contribution is -2.16. The third-order valence-electron chi connectivity index (χ3n) is 5.01. The van der Waals surface area contributed by atoms with Crippen molar-refractivity contribution >= 4 is 11.6 Å². The van der Waals surface area contributed by atoms with E-state index in [1.54, 1.807) is 42.5 Å². The number of benzene rings is 4. The molecule has 0 aliphatic heterocycles. The average molecular weight is 410 g/mol. The Balaban J connectivity index is 1.55. The lowest BCUT2D eigenvalue weighted by molar-refractivity contribution is 0.0817. The van der Waals surface area contributed by atoms with E-state index in [0.29, 0.717) is 11.1 Å². The Kier molecular flexibility index (Phi) is 6.08. The normalized spacial score (nSPS) is 9.84. The van der Waals surface area contributed by atoms with Gasteiger partial charge in [0.2, 0.25) is 11.6 Å². The summed E-state index contributed by atoms with van der Waals surface area (Å²) in [5, 5.41) is 0. The second kappa shape index (κ2) is 9.43. The maximum absolute atomic E-state index is 12.9. The van der Waals surface area contributed by atoms with Crippen LogP contribution < -0.4 is 0 Å². The maximum atomic E-state index is 12.9. The summed E-state index contributed by atoms with van der Waals surface area (Å²) in [6, 6.07) is 31.2. The number of hydrogen-bond acceptors (Lipinski definition) is 2. The molecule has 0 N–H and O–H groups in total. The van der Waals surface area contributed by atoms with Crippen molar-refractivity contribution in [2.24, 2.45) is 0 Å². The van der Waals surface area contributed by atoms with Gasteiger partial charge in [-0.25, -0.2) is 0 Å². The zero-order valence-corrected chi connectivity index (χ0v) is 17.2. The van der Waals surface area contributed by atoms with Crippen LogP contribution in [0.15, 0.2) is 103 Å². The molecule has 0 saturated heterocycles. The molecule has 0 spiro atoms. The third kappa shape index (κ3) is 4.57. The van der Waals surface area contributed by atoms with Gasteiger partial charge in [0.15, 0.2) is 0 Å². The molecule has 0 aromatic heterocycles. The molecule has 0 aliphatic rings. The van der Waals surface area contributed by atoms with Gasteiger partial charge < -0.3 is 0 Å². The molecule has 32 heavy (non-hydrogen) atoms. The third-order valence-corrected chi connectivity index (χ3v) is 5.01. The van der Waals surface area contributed by atoms with Crippen molar-refractivity contribution in [3.63, 3.8) is 0 Å². The van der Waals surface area contributed by atoms with Gasteiger partial charge in [-0.15, -0.1) is 6.42 Å². The van der Waals surface area contributed by atoms with Crippen LogP contribution in [-0.4, -0.2) is 11.6 Å². The molecule has 2 nitrogen and oxygen atoms in total. The van der Waals surface area contributed by atoms with E-state index < -0.39 is 11.6 Å². The van der Waals surface area contributed by atoms with Gasteiger partial charge in [0.05, 0.1) is 0 Å². The van der Waals surface area contributed by atoms with Crippen molar-refractivity contribution in [3.8, 4) is 35.3 Å². The van der Waals surface area contributed by atoms with Crippen LogP contribution in [0.3, 0.4) is 0 Å². The van der Waals surface area contributed by atoms with Crippen LogP contribution in [0.2, 0.25) is 0 Å². The van der Waals surface area contributed by atoms with E-state index in [-0.39, 0.29) is 5.56 Å². The van der Waals surface area contributed by atoms with Crippen molar-refractivity contribution in [2.45, 2.75) is 0 Å². The van der Waals surface area contributed by atoms with Crippen LogP contribution in [0.4, 0.5) is 0 Å². The Morgan fingerprint density at radius 2 is 1.19 bits per heavy atom. The molecule has 0 amide bonds. The molecule has 0 fully saturated rings. The Morgan fingerprint density at radius 1 is 0.594 bits per heavy atom. The molecule has 0 aliphatic carbocycles. The van der Waals surface area contributed by atoms with Gasteiger partial charge in [-0.3, -0.25) is 9.59 Å². The minimum atomic E-state index is -0.624. The van der Waals surface area contributed by atoms with Crippen LogP contribution >= 0.6 is 0 Å². The van der Waals surface area contributed by atoms with Crippen molar-refractivity contribution in [1.29, 1.82) is 0 Å². The molecular weight excluding hydrogens is 392 g/mol. The van der Waals surface area contributed by atoms with Gasteiger partial charge in [-0.2, -0.15) is 0 Å².